The van der Waals surface area contributed by atoms with Gasteiger partial charge in [0.1, 0.15) is 0 Å². The summed E-state index contributed by atoms with van der Waals surface area (Å²) in [6.45, 7) is 4.13. The SMILES string of the molecule is CC(C)C1CCCCC1n1c(=O)[nH]c(Cl)c(F)c1=O. The Balaban J connectivity index is 2.54. The van der Waals surface area contributed by atoms with Gasteiger partial charge < -0.3 is 0 Å². The lowest BCUT2D eigenvalue weighted by molar-refractivity contribution is 0.174. The van der Waals surface area contributed by atoms with Gasteiger partial charge in [-0.05, 0) is 24.7 Å². The highest BCUT2D eigenvalue weighted by Gasteiger charge is 2.31. The van der Waals surface area contributed by atoms with Gasteiger partial charge in [-0.3, -0.25) is 14.3 Å². The molecule has 2 unspecified atom stereocenters. The first-order valence-corrected chi connectivity index (χ1v) is 7.01. The number of rotatable bonds is 2. The fourth-order valence-electron chi connectivity index (χ4n) is 3.04. The van der Waals surface area contributed by atoms with E-state index in [2.05, 4.69) is 18.8 Å². The minimum Gasteiger partial charge on any atom is -0.295 e. The molecule has 6 heteroatoms. The summed E-state index contributed by atoms with van der Waals surface area (Å²) in [7, 11) is 0. The second kappa shape index (κ2) is 5.49. The van der Waals surface area contributed by atoms with Crippen molar-refractivity contribution in [1.29, 1.82) is 0 Å². The summed E-state index contributed by atoms with van der Waals surface area (Å²) in [4.78, 5) is 26.1. The van der Waals surface area contributed by atoms with E-state index in [-0.39, 0.29) is 12.0 Å². The minimum absolute atomic E-state index is 0.216. The van der Waals surface area contributed by atoms with E-state index >= 15 is 0 Å². The molecule has 1 aliphatic carbocycles. The first-order chi connectivity index (χ1) is 8.93. The first-order valence-electron chi connectivity index (χ1n) is 6.63. The number of nitrogens with zero attached hydrogens (tertiary/aromatic N) is 1. The maximum Gasteiger partial charge on any atom is 0.329 e. The molecule has 1 heterocycles. The van der Waals surface area contributed by atoms with E-state index in [9.17, 15) is 14.0 Å². The zero-order valence-electron chi connectivity index (χ0n) is 11.1. The van der Waals surface area contributed by atoms with E-state index in [4.69, 9.17) is 11.6 Å². The molecule has 0 spiro atoms. The van der Waals surface area contributed by atoms with Crippen LogP contribution < -0.4 is 11.2 Å². The van der Waals surface area contributed by atoms with Crippen LogP contribution in [-0.2, 0) is 0 Å². The molecule has 4 nitrogen and oxygen atoms in total. The van der Waals surface area contributed by atoms with Crippen molar-refractivity contribution in [3.8, 4) is 0 Å². The molecule has 19 heavy (non-hydrogen) atoms. The zero-order valence-corrected chi connectivity index (χ0v) is 11.8. The quantitative estimate of drug-likeness (QED) is 0.851. The van der Waals surface area contributed by atoms with Crippen molar-refractivity contribution < 1.29 is 4.39 Å². The molecule has 0 aromatic carbocycles. The van der Waals surface area contributed by atoms with Gasteiger partial charge in [-0.15, -0.1) is 0 Å². The third-order valence-corrected chi connectivity index (χ3v) is 4.26. The number of aromatic nitrogens is 2. The van der Waals surface area contributed by atoms with Crippen molar-refractivity contribution in [2.45, 2.75) is 45.6 Å². The van der Waals surface area contributed by atoms with E-state index in [1.807, 2.05) is 0 Å². The lowest BCUT2D eigenvalue weighted by atomic mass is 9.77. The van der Waals surface area contributed by atoms with Crippen LogP contribution in [0.5, 0.6) is 0 Å². The van der Waals surface area contributed by atoms with Gasteiger partial charge in [-0.1, -0.05) is 38.3 Å². The van der Waals surface area contributed by atoms with Crippen molar-refractivity contribution in [3.63, 3.8) is 0 Å². The molecule has 2 rings (SSSR count). The standard InChI is InChI=1S/C13H18ClFN2O2/c1-7(2)8-5-3-4-6-9(8)17-12(18)10(15)11(14)16-13(17)19/h7-9H,3-6H2,1-2H3,(H,16,19). The molecule has 0 radical (unpaired) electrons. The van der Waals surface area contributed by atoms with Crippen LogP contribution in [0.1, 0.15) is 45.6 Å². The Bertz CT molecular complexity index is 579. The van der Waals surface area contributed by atoms with Crippen LogP contribution in [0.15, 0.2) is 9.59 Å². The van der Waals surface area contributed by atoms with Gasteiger partial charge in [0.05, 0.1) is 0 Å². The predicted molar refractivity (Wildman–Crippen MR) is 72.1 cm³/mol. The molecule has 0 amide bonds. The monoisotopic (exact) mass is 288 g/mol. The Morgan fingerprint density at radius 1 is 1.32 bits per heavy atom. The Morgan fingerprint density at radius 3 is 2.58 bits per heavy atom. The molecule has 1 aliphatic rings. The highest BCUT2D eigenvalue weighted by molar-refractivity contribution is 6.29. The van der Waals surface area contributed by atoms with E-state index in [0.29, 0.717) is 5.92 Å². The molecule has 1 fully saturated rings. The van der Waals surface area contributed by atoms with Crippen LogP contribution in [0.2, 0.25) is 5.15 Å². The molecule has 1 N–H and O–H groups in total. The zero-order chi connectivity index (χ0) is 14.2. The van der Waals surface area contributed by atoms with Crippen LogP contribution >= 0.6 is 11.6 Å². The summed E-state index contributed by atoms with van der Waals surface area (Å²) in [5.74, 6) is -0.516. The second-order valence-electron chi connectivity index (χ2n) is 5.49. The summed E-state index contributed by atoms with van der Waals surface area (Å²) >= 11 is 5.49. The van der Waals surface area contributed by atoms with Crippen LogP contribution in [0.25, 0.3) is 0 Å². The third kappa shape index (κ3) is 2.61. The molecule has 2 atom stereocenters. The summed E-state index contributed by atoms with van der Waals surface area (Å²) in [6, 6.07) is -0.239. The Hall–Kier alpha value is -1.10. The van der Waals surface area contributed by atoms with Crippen molar-refractivity contribution in [2.24, 2.45) is 11.8 Å². The van der Waals surface area contributed by atoms with Crippen molar-refractivity contribution >= 4 is 11.6 Å². The van der Waals surface area contributed by atoms with Crippen LogP contribution in [0, 0.1) is 17.7 Å². The summed E-state index contributed by atoms with van der Waals surface area (Å²) in [5.41, 5.74) is -1.53. The number of nitrogens with one attached hydrogen (secondary N) is 1. The molecular formula is C13H18ClFN2O2. The lowest BCUT2D eigenvalue weighted by Gasteiger charge is -2.34. The number of aromatic amines is 1. The summed E-state index contributed by atoms with van der Waals surface area (Å²) in [6.07, 6.45) is 3.72. The van der Waals surface area contributed by atoms with E-state index in [0.717, 1.165) is 30.3 Å². The van der Waals surface area contributed by atoms with Gasteiger partial charge in [0.25, 0.3) is 5.56 Å². The average Bonchev–Trinajstić information content (AvgIpc) is 2.36. The van der Waals surface area contributed by atoms with Crippen LogP contribution in [0.4, 0.5) is 4.39 Å². The van der Waals surface area contributed by atoms with E-state index in [1.54, 1.807) is 0 Å². The molecule has 0 saturated heterocycles. The van der Waals surface area contributed by atoms with Crippen LogP contribution in [0.3, 0.4) is 0 Å². The molecule has 1 aromatic rings. The van der Waals surface area contributed by atoms with Crippen LogP contribution in [-0.4, -0.2) is 9.55 Å². The van der Waals surface area contributed by atoms with E-state index < -0.39 is 22.2 Å². The van der Waals surface area contributed by atoms with Gasteiger partial charge in [-0.2, -0.15) is 4.39 Å². The Morgan fingerprint density at radius 2 is 1.95 bits per heavy atom. The normalized spacial score (nSPS) is 23.8. The molecule has 1 saturated carbocycles. The van der Waals surface area contributed by atoms with Gasteiger partial charge in [0, 0.05) is 6.04 Å². The largest absolute Gasteiger partial charge is 0.329 e. The van der Waals surface area contributed by atoms with Crippen molar-refractivity contribution in [2.75, 3.05) is 0 Å². The predicted octanol–water partition coefficient (Wildman–Crippen LogP) is 2.72. The fraction of sp³-hybridized carbons (Fsp3) is 0.692. The Labute approximate surface area is 115 Å². The minimum atomic E-state index is -1.07. The van der Waals surface area contributed by atoms with Crippen molar-refractivity contribution in [3.05, 3.63) is 31.8 Å². The molecule has 106 valence electrons. The number of halogens is 2. The molecular weight excluding hydrogens is 271 g/mol. The highest BCUT2D eigenvalue weighted by atomic mass is 35.5. The lowest BCUT2D eigenvalue weighted by Crippen LogP contribution is -2.44. The molecule has 0 bridgehead atoms. The van der Waals surface area contributed by atoms with Crippen molar-refractivity contribution in [1.82, 2.24) is 9.55 Å². The van der Waals surface area contributed by atoms with Gasteiger partial charge in [0.15, 0.2) is 5.15 Å². The molecule has 0 aliphatic heterocycles. The maximum absolute atomic E-state index is 13.6. The summed E-state index contributed by atoms with van der Waals surface area (Å²) in [5, 5.41) is -0.511. The fourth-order valence-corrected chi connectivity index (χ4v) is 3.20. The number of hydrogen-bond acceptors (Lipinski definition) is 2. The topological polar surface area (TPSA) is 54.9 Å². The second-order valence-corrected chi connectivity index (χ2v) is 5.87. The average molecular weight is 289 g/mol. The van der Waals surface area contributed by atoms with Gasteiger partial charge in [0.2, 0.25) is 5.82 Å². The summed E-state index contributed by atoms with van der Waals surface area (Å²) < 4.78 is 14.6. The smallest absolute Gasteiger partial charge is 0.295 e. The van der Waals surface area contributed by atoms with Gasteiger partial charge >= 0.3 is 5.69 Å². The Kier molecular flexibility index (Phi) is 4.13. The third-order valence-electron chi connectivity index (χ3n) is 4.00. The highest BCUT2D eigenvalue weighted by Crippen LogP contribution is 2.37. The maximum atomic E-state index is 13.6. The van der Waals surface area contributed by atoms with Gasteiger partial charge in [-0.25, -0.2) is 4.79 Å². The first kappa shape index (κ1) is 14.3. The molecule has 1 aromatic heterocycles. The van der Waals surface area contributed by atoms with E-state index in [1.165, 1.54) is 0 Å². The number of hydrogen-bond donors (Lipinski definition) is 1. The number of H-pyrrole nitrogens is 1.